The first-order chi connectivity index (χ1) is 37.1. The van der Waals surface area contributed by atoms with Crippen LogP contribution in [0, 0.1) is 36.1 Å². The number of benzene rings is 7. The summed E-state index contributed by atoms with van der Waals surface area (Å²) in [5.41, 5.74) is 14.3. The smallest absolute Gasteiger partial charge is 0.351 e. The van der Waals surface area contributed by atoms with Gasteiger partial charge in [0.1, 0.15) is 17.3 Å². The zero-order valence-electron chi connectivity index (χ0n) is 40.1. The van der Waals surface area contributed by atoms with Crippen molar-refractivity contribution in [3.63, 3.8) is 0 Å². The van der Waals surface area contributed by atoms with Gasteiger partial charge in [-0.25, -0.2) is 9.97 Å². The Balaban J connectivity index is 0.00000582. The molecule has 356 valence electrons. The van der Waals surface area contributed by atoms with Crippen molar-refractivity contribution in [3.8, 4) is 107 Å². The van der Waals surface area contributed by atoms with Gasteiger partial charge >= 0.3 is 20.1 Å². The van der Waals surface area contributed by atoms with Gasteiger partial charge in [0.2, 0.25) is 0 Å². The maximum Gasteiger partial charge on any atom is 3.00 e. The fraction of sp³-hybridized carbons (Fsp3) is 0. The Bertz CT molecular complexity index is 4240. The molecule has 13 aromatic rings. The molecule has 0 amide bonds. The largest absolute Gasteiger partial charge is 3.00 e. The number of imidazole rings is 2. The van der Waals surface area contributed by atoms with E-state index in [-0.39, 0.29) is 20.1 Å². The van der Waals surface area contributed by atoms with Gasteiger partial charge in [0.25, 0.3) is 0 Å². The van der Waals surface area contributed by atoms with Gasteiger partial charge in [0.05, 0.1) is 12.6 Å². The molecule has 0 fully saturated rings. The van der Waals surface area contributed by atoms with Gasteiger partial charge in [-0.2, -0.15) is 5.26 Å². The van der Waals surface area contributed by atoms with E-state index in [0.29, 0.717) is 39.8 Å². The van der Waals surface area contributed by atoms with E-state index < -0.39 is 0 Å². The van der Waals surface area contributed by atoms with Crippen molar-refractivity contribution in [1.29, 1.82) is 5.26 Å². The zero-order valence-corrected chi connectivity index (χ0v) is 43.3. The van der Waals surface area contributed by atoms with Crippen molar-refractivity contribution in [3.05, 3.63) is 254 Å². The second-order valence-electron chi connectivity index (χ2n) is 17.7. The van der Waals surface area contributed by atoms with Gasteiger partial charge in [-0.05, 0) is 105 Å². The number of aromatic nitrogens is 7. The Labute approximate surface area is 455 Å². The predicted octanol–water partition coefficient (Wildman–Crippen LogP) is 15.8. The second-order valence-corrected chi connectivity index (χ2v) is 18.8. The molecule has 7 aromatic carbocycles. The number of rotatable bonds is 10. The SMILES string of the molecule is [C-]#[N+]c1cc(-c2ccccn2)[c-]cc1-n1ccnc1-c1cc(-c2ccccc2-c2c[c-]c(-c3cc(-c4ccc5c(c4)sc4ccccc45)ccn3)cc2)cc(-c2nccn2-c2c[c-]c(-c3ccccn3)cc2C#N)c1.[Ir+3]. The van der Waals surface area contributed by atoms with Crippen LogP contribution in [0.3, 0.4) is 0 Å². The van der Waals surface area contributed by atoms with Crippen LogP contribution in [0.4, 0.5) is 5.69 Å². The normalized spacial score (nSPS) is 11.0. The van der Waals surface area contributed by atoms with Crippen molar-refractivity contribution in [2.75, 3.05) is 0 Å². The summed E-state index contributed by atoms with van der Waals surface area (Å²) < 4.78 is 6.38. The van der Waals surface area contributed by atoms with E-state index in [1.807, 2.05) is 118 Å². The molecule has 0 spiro atoms. The molecule has 13 rings (SSSR count). The van der Waals surface area contributed by atoms with Crippen LogP contribution in [0.2, 0.25) is 0 Å². The van der Waals surface area contributed by atoms with E-state index in [4.69, 9.17) is 21.5 Å². The number of fused-ring (bicyclic) bond motifs is 3. The molecule has 0 saturated carbocycles. The van der Waals surface area contributed by atoms with Crippen LogP contribution >= 0.6 is 11.3 Å². The number of nitrogens with zero attached hydrogens (tertiary/aromatic N) is 9. The average Bonchev–Trinajstić information content (AvgIpc) is 4.27. The molecule has 76 heavy (non-hydrogen) atoms. The summed E-state index contributed by atoms with van der Waals surface area (Å²) in [6.07, 6.45) is 12.5. The first-order valence-corrected chi connectivity index (χ1v) is 24.8. The Morgan fingerprint density at radius 3 is 1.74 bits per heavy atom. The van der Waals surface area contributed by atoms with E-state index in [1.54, 1.807) is 24.8 Å². The van der Waals surface area contributed by atoms with Gasteiger partial charge in [0.15, 0.2) is 0 Å². The first kappa shape index (κ1) is 47.3. The number of thiophene rings is 1. The topological polar surface area (TPSA) is 102 Å². The molecular formula is C65H36IrN9S. The molecule has 9 nitrogen and oxygen atoms in total. The maximum atomic E-state index is 10.5. The van der Waals surface area contributed by atoms with Crippen molar-refractivity contribution in [2.45, 2.75) is 0 Å². The van der Waals surface area contributed by atoms with Gasteiger partial charge in [-0.15, -0.1) is 88.7 Å². The Morgan fingerprint density at radius 1 is 0.461 bits per heavy atom. The fourth-order valence-electron chi connectivity index (χ4n) is 9.73. The zero-order chi connectivity index (χ0) is 50.2. The van der Waals surface area contributed by atoms with Gasteiger partial charge in [0, 0.05) is 74.7 Å². The maximum absolute atomic E-state index is 10.5. The quantitative estimate of drug-likeness (QED) is 0.126. The Hall–Kier alpha value is -9.74. The van der Waals surface area contributed by atoms with E-state index in [2.05, 4.69) is 136 Å². The van der Waals surface area contributed by atoms with Crippen molar-refractivity contribution in [1.82, 2.24) is 34.1 Å². The van der Waals surface area contributed by atoms with E-state index >= 15 is 0 Å². The third-order valence-corrected chi connectivity index (χ3v) is 14.5. The molecule has 0 aliphatic heterocycles. The molecule has 6 heterocycles. The summed E-state index contributed by atoms with van der Waals surface area (Å²) in [5, 5.41) is 13.1. The van der Waals surface area contributed by atoms with Crippen LogP contribution < -0.4 is 0 Å². The third kappa shape index (κ3) is 8.77. The number of pyridine rings is 3. The molecule has 6 aromatic heterocycles. The molecule has 0 radical (unpaired) electrons. The van der Waals surface area contributed by atoms with Crippen LogP contribution in [0.1, 0.15) is 5.56 Å². The molecule has 0 saturated heterocycles. The minimum atomic E-state index is 0. The fourth-order valence-corrected chi connectivity index (χ4v) is 10.9. The summed E-state index contributed by atoms with van der Waals surface area (Å²) in [5.74, 6) is 1.22. The molecule has 11 heteroatoms. The third-order valence-electron chi connectivity index (χ3n) is 13.3. The van der Waals surface area contributed by atoms with Crippen LogP contribution in [0.5, 0.6) is 0 Å². The predicted molar refractivity (Wildman–Crippen MR) is 298 cm³/mol. The minimum Gasteiger partial charge on any atom is -0.351 e. The van der Waals surface area contributed by atoms with Gasteiger partial charge < -0.3 is 24.1 Å². The van der Waals surface area contributed by atoms with Crippen LogP contribution in [0.15, 0.2) is 219 Å². The number of nitriles is 1. The molecule has 0 atom stereocenters. The number of hydrogen-bond donors (Lipinski definition) is 0. The van der Waals surface area contributed by atoms with E-state index in [0.717, 1.165) is 72.7 Å². The summed E-state index contributed by atoms with van der Waals surface area (Å²) >= 11 is 1.81. The molecular weight excluding hydrogens is 1130 g/mol. The summed E-state index contributed by atoms with van der Waals surface area (Å²) in [6, 6.07) is 71.6. The monoisotopic (exact) mass is 1170 g/mol. The molecule has 0 aliphatic rings. The van der Waals surface area contributed by atoms with E-state index in [1.165, 1.54) is 20.2 Å². The van der Waals surface area contributed by atoms with Crippen LogP contribution in [-0.4, -0.2) is 34.1 Å². The van der Waals surface area contributed by atoms with Crippen LogP contribution in [-0.2, 0) is 20.1 Å². The second kappa shape index (κ2) is 20.3. The molecule has 0 aliphatic carbocycles. The number of hydrogen-bond acceptors (Lipinski definition) is 7. The Morgan fingerprint density at radius 2 is 1.05 bits per heavy atom. The van der Waals surface area contributed by atoms with Crippen molar-refractivity contribution in [2.24, 2.45) is 0 Å². The molecule has 0 bridgehead atoms. The summed E-state index contributed by atoms with van der Waals surface area (Å²) in [4.78, 5) is 27.6. The van der Waals surface area contributed by atoms with Gasteiger partial charge in [-0.3, -0.25) is 4.85 Å². The average molecular weight is 1170 g/mol. The standard InChI is InChI=1S/C65H36N9S.Ir/c1-67-59-39-47(57-14-7-9-28-69-57)22-25-61(59)74-33-31-72-65(74)50-36-48(35-49(37-50)64-71-30-32-73(64)60-24-21-46(34-51(60)41-66)56-13-6-8-27-68-56)53-11-3-2-10-52(53)42-16-18-43(19-17-42)58-38-45(26-29-70-58)44-20-23-55-54-12-4-5-15-62(54)75-63(55)40-44;/h2-18,20,23-40H;/q-3;+3. The Kier molecular flexibility index (Phi) is 12.6. The van der Waals surface area contributed by atoms with Crippen molar-refractivity contribution >= 4 is 37.2 Å². The summed E-state index contributed by atoms with van der Waals surface area (Å²) in [6.45, 7) is 8.26. The summed E-state index contributed by atoms with van der Waals surface area (Å²) in [7, 11) is 0. The molecule has 0 unspecified atom stereocenters. The first-order valence-electron chi connectivity index (χ1n) is 24.0. The molecule has 0 N–H and O–H groups in total. The van der Waals surface area contributed by atoms with E-state index in [9.17, 15) is 5.26 Å². The van der Waals surface area contributed by atoms with Crippen molar-refractivity contribution < 1.29 is 20.1 Å². The van der Waals surface area contributed by atoms with Gasteiger partial charge in [-0.1, -0.05) is 96.1 Å². The van der Waals surface area contributed by atoms with Crippen LogP contribution in [0.25, 0.3) is 126 Å². The minimum absolute atomic E-state index is 0.